The number of nitrogens with one attached hydrogen (secondary N) is 1. The van der Waals surface area contributed by atoms with Gasteiger partial charge >= 0.3 is 5.69 Å². The van der Waals surface area contributed by atoms with E-state index in [1.807, 2.05) is 79.7 Å². The van der Waals surface area contributed by atoms with Crippen LogP contribution in [0.1, 0.15) is 5.56 Å². The molecule has 5 rings (SSSR count). The second kappa shape index (κ2) is 6.60. The van der Waals surface area contributed by atoms with Crippen LogP contribution < -0.4 is 11.2 Å². The Morgan fingerprint density at radius 2 is 1.52 bits per heavy atom. The number of hydrogen-bond acceptors (Lipinski definition) is 2. The van der Waals surface area contributed by atoms with E-state index in [1.54, 1.807) is 12.1 Å². The van der Waals surface area contributed by atoms with Crippen LogP contribution in [0.4, 0.5) is 0 Å². The van der Waals surface area contributed by atoms with Gasteiger partial charge in [0, 0.05) is 5.39 Å². The van der Waals surface area contributed by atoms with E-state index in [4.69, 9.17) is 0 Å². The number of rotatable bonds is 2. The average Bonchev–Trinajstić information content (AvgIpc) is 2.74. The van der Waals surface area contributed by atoms with Gasteiger partial charge in [0.15, 0.2) is 0 Å². The van der Waals surface area contributed by atoms with Crippen LogP contribution in [-0.4, -0.2) is 9.55 Å². The van der Waals surface area contributed by atoms with Crippen LogP contribution >= 0.6 is 0 Å². The Kier molecular flexibility index (Phi) is 3.91. The SMILES string of the molecule is Cc1ccccc1-c1ccc2c(=O)n(-c3cccc4ccccc34)c(=O)[nH]c2c1. The zero-order chi connectivity index (χ0) is 20.0. The maximum atomic E-state index is 13.3. The van der Waals surface area contributed by atoms with Gasteiger partial charge in [-0.2, -0.15) is 0 Å². The molecular formula is C25H18N2O2. The highest BCUT2D eigenvalue weighted by Crippen LogP contribution is 2.25. The van der Waals surface area contributed by atoms with Gasteiger partial charge in [-0.05, 0) is 47.2 Å². The Morgan fingerprint density at radius 1 is 0.759 bits per heavy atom. The first kappa shape index (κ1) is 17.2. The lowest BCUT2D eigenvalue weighted by atomic mass is 9.99. The standard InChI is InChI=1S/C25H18N2O2/c1-16-7-2-4-10-19(16)18-13-14-21-22(15-18)26-25(29)27(24(21)28)23-12-6-9-17-8-3-5-11-20(17)23/h2-15H,1H3,(H,26,29). The van der Waals surface area contributed by atoms with Crippen molar-refractivity contribution < 1.29 is 0 Å². The number of aryl methyl sites for hydroxylation is 1. The van der Waals surface area contributed by atoms with Gasteiger partial charge in [0.1, 0.15) is 0 Å². The van der Waals surface area contributed by atoms with E-state index in [2.05, 4.69) is 4.98 Å². The number of fused-ring (bicyclic) bond motifs is 2. The fourth-order valence-corrected chi connectivity index (χ4v) is 3.90. The van der Waals surface area contributed by atoms with Crippen molar-refractivity contribution in [3.8, 4) is 16.8 Å². The molecule has 4 heteroatoms. The Bertz CT molecular complexity index is 1500. The predicted octanol–water partition coefficient (Wildman–Crippen LogP) is 4.81. The van der Waals surface area contributed by atoms with Gasteiger partial charge in [0.25, 0.3) is 5.56 Å². The largest absolute Gasteiger partial charge is 0.333 e. The second-order valence-corrected chi connectivity index (χ2v) is 7.14. The van der Waals surface area contributed by atoms with Gasteiger partial charge in [-0.25, -0.2) is 9.36 Å². The summed E-state index contributed by atoms with van der Waals surface area (Å²) in [5.41, 5.74) is 3.54. The molecule has 0 fully saturated rings. The molecule has 5 aromatic rings. The molecule has 0 atom stereocenters. The highest BCUT2D eigenvalue weighted by atomic mass is 16.2. The van der Waals surface area contributed by atoms with Crippen LogP contribution in [0.25, 0.3) is 38.5 Å². The number of hydrogen-bond donors (Lipinski definition) is 1. The molecule has 0 spiro atoms. The molecular weight excluding hydrogens is 360 g/mol. The third kappa shape index (κ3) is 2.77. The minimum absolute atomic E-state index is 0.323. The molecule has 0 unspecified atom stereocenters. The molecule has 0 radical (unpaired) electrons. The van der Waals surface area contributed by atoms with Gasteiger partial charge in [0.05, 0.1) is 16.6 Å². The Morgan fingerprint density at radius 3 is 2.38 bits per heavy atom. The van der Waals surface area contributed by atoms with E-state index in [0.29, 0.717) is 16.6 Å². The van der Waals surface area contributed by atoms with Crippen LogP contribution in [0.5, 0.6) is 0 Å². The van der Waals surface area contributed by atoms with Gasteiger partial charge in [-0.3, -0.25) is 4.79 Å². The highest BCUT2D eigenvalue weighted by molar-refractivity contribution is 5.91. The van der Waals surface area contributed by atoms with Crippen molar-refractivity contribution in [1.82, 2.24) is 9.55 Å². The van der Waals surface area contributed by atoms with Crippen molar-refractivity contribution in [1.29, 1.82) is 0 Å². The van der Waals surface area contributed by atoms with Crippen LogP contribution in [-0.2, 0) is 0 Å². The molecule has 140 valence electrons. The summed E-state index contributed by atoms with van der Waals surface area (Å²) in [7, 11) is 0. The lowest BCUT2D eigenvalue weighted by molar-refractivity contribution is 0.908. The maximum Gasteiger partial charge on any atom is 0.333 e. The third-order valence-electron chi connectivity index (χ3n) is 5.36. The lowest BCUT2D eigenvalue weighted by Gasteiger charge is -2.11. The van der Waals surface area contributed by atoms with E-state index >= 15 is 0 Å². The van der Waals surface area contributed by atoms with Crippen molar-refractivity contribution in [3.63, 3.8) is 0 Å². The normalized spacial score (nSPS) is 11.2. The Hall–Kier alpha value is -3.92. The molecule has 0 saturated carbocycles. The fourth-order valence-electron chi connectivity index (χ4n) is 3.90. The van der Waals surface area contributed by atoms with Crippen molar-refractivity contribution in [2.24, 2.45) is 0 Å². The van der Waals surface area contributed by atoms with Gasteiger partial charge < -0.3 is 4.98 Å². The van der Waals surface area contributed by atoms with Crippen LogP contribution in [0, 0.1) is 6.92 Å². The molecule has 4 nitrogen and oxygen atoms in total. The van der Waals surface area contributed by atoms with Gasteiger partial charge in [-0.15, -0.1) is 0 Å². The lowest BCUT2D eigenvalue weighted by Crippen LogP contribution is -2.33. The molecule has 0 bridgehead atoms. The summed E-state index contributed by atoms with van der Waals surface area (Å²) in [6.07, 6.45) is 0. The fraction of sp³-hybridized carbons (Fsp3) is 0.0400. The van der Waals surface area contributed by atoms with E-state index in [-0.39, 0.29) is 5.56 Å². The van der Waals surface area contributed by atoms with Crippen LogP contribution in [0.2, 0.25) is 0 Å². The molecule has 1 heterocycles. The van der Waals surface area contributed by atoms with Gasteiger partial charge in [-0.1, -0.05) is 66.7 Å². The summed E-state index contributed by atoms with van der Waals surface area (Å²) in [5.74, 6) is 0. The summed E-state index contributed by atoms with van der Waals surface area (Å²) in [4.78, 5) is 29.1. The molecule has 0 saturated heterocycles. The monoisotopic (exact) mass is 378 g/mol. The molecule has 4 aromatic carbocycles. The quantitative estimate of drug-likeness (QED) is 0.479. The van der Waals surface area contributed by atoms with Crippen LogP contribution in [0.15, 0.2) is 94.5 Å². The Labute approximate surface area is 166 Å². The summed E-state index contributed by atoms with van der Waals surface area (Å²) in [6, 6.07) is 27.0. The topological polar surface area (TPSA) is 54.9 Å². The van der Waals surface area contributed by atoms with E-state index in [1.165, 1.54) is 4.57 Å². The van der Waals surface area contributed by atoms with Crippen molar-refractivity contribution in [2.45, 2.75) is 6.92 Å². The maximum absolute atomic E-state index is 13.3. The number of benzene rings is 4. The molecule has 1 aromatic heterocycles. The first-order valence-electron chi connectivity index (χ1n) is 9.47. The smallest absolute Gasteiger partial charge is 0.306 e. The number of aromatic nitrogens is 2. The minimum atomic E-state index is -0.444. The van der Waals surface area contributed by atoms with Crippen molar-refractivity contribution >= 4 is 21.7 Å². The van der Waals surface area contributed by atoms with Crippen LogP contribution in [0.3, 0.4) is 0 Å². The number of nitrogens with zero attached hydrogens (tertiary/aromatic N) is 1. The van der Waals surface area contributed by atoms with Gasteiger partial charge in [0.2, 0.25) is 0 Å². The Balaban J connectivity index is 1.78. The van der Waals surface area contributed by atoms with Crippen molar-refractivity contribution in [2.75, 3.05) is 0 Å². The average molecular weight is 378 g/mol. The van der Waals surface area contributed by atoms with E-state index < -0.39 is 5.69 Å². The zero-order valence-electron chi connectivity index (χ0n) is 15.8. The van der Waals surface area contributed by atoms with E-state index in [9.17, 15) is 9.59 Å². The van der Waals surface area contributed by atoms with Crippen molar-refractivity contribution in [3.05, 3.63) is 111 Å². The molecule has 1 N–H and O–H groups in total. The molecule has 0 aliphatic rings. The summed E-state index contributed by atoms with van der Waals surface area (Å²) in [6.45, 7) is 2.04. The summed E-state index contributed by atoms with van der Waals surface area (Å²) >= 11 is 0. The minimum Gasteiger partial charge on any atom is -0.306 e. The molecule has 29 heavy (non-hydrogen) atoms. The number of aromatic amines is 1. The predicted molar refractivity (Wildman–Crippen MR) is 118 cm³/mol. The number of H-pyrrole nitrogens is 1. The summed E-state index contributed by atoms with van der Waals surface area (Å²) in [5, 5.41) is 2.32. The molecule has 0 amide bonds. The first-order chi connectivity index (χ1) is 14.1. The second-order valence-electron chi connectivity index (χ2n) is 7.14. The first-order valence-corrected chi connectivity index (χ1v) is 9.47. The van der Waals surface area contributed by atoms with E-state index in [0.717, 1.165) is 27.5 Å². The third-order valence-corrected chi connectivity index (χ3v) is 5.36. The zero-order valence-corrected chi connectivity index (χ0v) is 15.8. The molecule has 0 aliphatic carbocycles. The molecule has 0 aliphatic heterocycles. The summed E-state index contributed by atoms with van der Waals surface area (Å²) < 4.78 is 1.22. The highest BCUT2D eigenvalue weighted by Gasteiger charge is 2.13.